The van der Waals surface area contributed by atoms with Gasteiger partial charge in [-0.15, -0.1) is 11.3 Å². The van der Waals surface area contributed by atoms with Crippen LogP contribution in [-0.2, 0) is 6.54 Å². The van der Waals surface area contributed by atoms with Gasteiger partial charge in [-0.25, -0.2) is 0 Å². The molecule has 1 heterocycles. The molecule has 0 aliphatic rings. The van der Waals surface area contributed by atoms with Crippen molar-refractivity contribution in [2.45, 2.75) is 26.4 Å². The molecule has 2 rings (SSSR count). The first-order valence-corrected chi connectivity index (χ1v) is 8.53. The number of hydrogen-bond acceptors (Lipinski definition) is 3. The molecule has 0 saturated carbocycles. The van der Waals surface area contributed by atoms with Crippen molar-refractivity contribution in [3.63, 3.8) is 0 Å². The average Bonchev–Trinajstić information content (AvgIpc) is 2.88. The summed E-state index contributed by atoms with van der Waals surface area (Å²) in [5.41, 5.74) is 2.57. The fraction of sp³-hybridized carbons (Fsp3) is 0.412. The van der Waals surface area contributed by atoms with Gasteiger partial charge in [0.05, 0.1) is 0 Å². The summed E-state index contributed by atoms with van der Waals surface area (Å²) in [6.07, 6.45) is 0. The highest BCUT2D eigenvalue weighted by Crippen LogP contribution is 2.25. The number of aryl methyl sites for hydroxylation is 1. The Kier molecular flexibility index (Phi) is 6.24. The molecular weight excluding hydrogens is 300 g/mol. The van der Waals surface area contributed by atoms with Gasteiger partial charge in [0.2, 0.25) is 0 Å². The van der Waals surface area contributed by atoms with Crippen molar-refractivity contribution in [1.82, 2.24) is 10.2 Å². The Balaban J connectivity index is 1.78. The second-order valence-corrected chi connectivity index (χ2v) is 6.79. The van der Waals surface area contributed by atoms with Crippen LogP contribution in [0.1, 0.15) is 29.0 Å². The van der Waals surface area contributed by atoms with Crippen LogP contribution < -0.4 is 5.32 Å². The van der Waals surface area contributed by atoms with Gasteiger partial charge in [0, 0.05) is 35.6 Å². The topological polar surface area (TPSA) is 15.3 Å². The van der Waals surface area contributed by atoms with Gasteiger partial charge in [-0.3, -0.25) is 4.90 Å². The number of nitrogens with zero attached hydrogens (tertiary/aromatic N) is 1. The lowest BCUT2D eigenvalue weighted by molar-refractivity contribution is 0.261. The minimum absolute atomic E-state index is 0.323. The Morgan fingerprint density at radius 3 is 2.71 bits per heavy atom. The summed E-state index contributed by atoms with van der Waals surface area (Å²) in [5, 5.41) is 6.51. The van der Waals surface area contributed by atoms with E-state index >= 15 is 0 Å². The number of nitrogens with one attached hydrogen (secondary N) is 1. The third kappa shape index (κ3) is 4.55. The molecule has 1 unspecified atom stereocenters. The monoisotopic (exact) mass is 322 g/mol. The smallest absolute Gasteiger partial charge is 0.0453 e. The van der Waals surface area contributed by atoms with Gasteiger partial charge in [0.15, 0.2) is 0 Å². The molecule has 0 aliphatic carbocycles. The second-order valence-electron chi connectivity index (χ2n) is 5.38. The zero-order valence-electron chi connectivity index (χ0n) is 12.9. The molecule has 2 nitrogen and oxygen atoms in total. The van der Waals surface area contributed by atoms with Crippen LogP contribution >= 0.6 is 22.9 Å². The molecule has 1 aromatic carbocycles. The lowest BCUT2D eigenvalue weighted by Crippen LogP contribution is -2.31. The van der Waals surface area contributed by atoms with Crippen molar-refractivity contribution in [2.75, 3.05) is 20.1 Å². The van der Waals surface area contributed by atoms with Crippen LogP contribution in [0.25, 0.3) is 0 Å². The molecule has 114 valence electrons. The maximum absolute atomic E-state index is 6.27. The van der Waals surface area contributed by atoms with E-state index in [-0.39, 0.29) is 0 Å². The minimum Gasteiger partial charge on any atom is -0.311 e. The zero-order chi connectivity index (χ0) is 15.2. The van der Waals surface area contributed by atoms with Gasteiger partial charge >= 0.3 is 0 Å². The fourth-order valence-electron chi connectivity index (χ4n) is 2.29. The van der Waals surface area contributed by atoms with Crippen LogP contribution in [0.2, 0.25) is 5.02 Å². The van der Waals surface area contributed by atoms with Crippen LogP contribution in [-0.4, -0.2) is 25.0 Å². The van der Waals surface area contributed by atoms with E-state index in [1.54, 1.807) is 0 Å². The van der Waals surface area contributed by atoms with Gasteiger partial charge in [-0.1, -0.05) is 29.8 Å². The van der Waals surface area contributed by atoms with E-state index in [4.69, 9.17) is 11.6 Å². The Bertz CT molecular complexity index is 567. The molecule has 0 spiro atoms. The second kappa shape index (κ2) is 7.95. The average molecular weight is 323 g/mol. The number of thiophene rings is 1. The van der Waals surface area contributed by atoms with E-state index in [0.29, 0.717) is 6.04 Å². The maximum Gasteiger partial charge on any atom is 0.0453 e. The van der Waals surface area contributed by atoms with Gasteiger partial charge in [-0.05, 0) is 49.5 Å². The molecule has 4 heteroatoms. The van der Waals surface area contributed by atoms with Crippen LogP contribution in [0.3, 0.4) is 0 Å². The molecule has 0 bridgehead atoms. The summed E-state index contributed by atoms with van der Waals surface area (Å²) >= 11 is 8.09. The third-order valence-electron chi connectivity index (χ3n) is 3.91. The van der Waals surface area contributed by atoms with Crippen molar-refractivity contribution in [1.29, 1.82) is 0 Å². The van der Waals surface area contributed by atoms with E-state index in [2.05, 4.69) is 48.6 Å². The molecule has 1 atom stereocenters. The van der Waals surface area contributed by atoms with Crippen molar-refractivity contribution in [3.8, 4) is 0 Å². The summed E-state index contributed by atoms with van der Waals surface area (Å²) in [5.74, 6) is 0. The van der Waals surface area contributed by atoms with Gasteiger partial charge in [-0.2, -0.15) is 0 Å². The predicted molar refractivity (Wildman–Crippen MR) is 93.3 cm³/mol. The molecule has 0 saturated heterocycles. The van der Waals surface area contributed by atoms with Crippen molar-refractivity contribution in [2.24, 2.45) is 0 Å². The van der Waals surface area contributed by atoms with Gasteiger partial charge < -0.3 is 5.32 Å². The Labute approximate surface area is 136 Å². The molecule has 0 fully saturated rings. The largest absolute Gasteiger partial charge is 0.311 e. The molecule has 2 aromatic rings. The van der Waals surface area contributed by atoms with Crippen LogP contribution in [0.5, 0.6) is 0 Å². The lowest BCUT2D eigenvalue weighted by Gasteiger charge is -2.26. The third-order valence-corrected chi connectivity index (χ3v) is 5.28. The molecule has 0 amide bonds. The minimum atomic E-state index is 0.323. The molecule has 0 aliphatic heterocycles. The van der Waals surface area contributed by atoms with Crippen molar-refractivity contribution in [3.05, 3.63) is 56.7 Å². The SMILES string of the molecule is Cc1ccsc1CNCCN(C)C(C)c1ccccc1Cl. The van der Waals surface area contributed by atoms with Gasteiger partial charge in [0.25, 0.3) is 0 Å². The first-order chi connectivity index (χ1) is 10.1. The molecule has 0 radical (unpaired) electrons. The number of likely N-dealkylation sites (N-methyl/N-ethyl adjacent to an activating group) is 1. The van der Waals surface area contributed by atoms with Crippen molar-refractivity contribution < 1.29 is 0 Å². The maximum atomic E-state index is 6.27. The highest BCUT2D eigenvalue weighted by Gasteiger charge is 2.13. The predicted octanol–water partition coefficient (Wildman–Crippen LogP) is 4.49. The van der Waals surface area contributed by atoms with Gasteiger partial charge in [0.1, 0.15) is 0 Å². The number of benzene rings is 1. The Morgan fingerprint density at radius 1 is 1.29 bits per heavy atom. The quantitative estimate of drug-likeness (QED) is 0.755. The fourth-order valence-corrected chi connectivity index (χ4v) is 3.46. The normalized spacial score (nSPS) is 12.8. The van der Waals surface area contributed by atoms with Crippen molar-refractivity contribution >= 4 is 22.9 Å². The first kappa shape index (κ1) is 16.5. The zero-order valence-corrected chi connectivity index (χ0v) is 14.5. The number of rotatable bonds is 7. The standard InChI is InChI=1S/C17H23ClN2S/c1-13-8-11-21-17(13)12-19-9-10-20(3)14(2)15-6-4-5-7-16(15)18/h4-8,11,14,19H,9-10,12H2,1-3H3. The lowest BCUT2D eigenvalue weighted by atomic mass is 10.1. The molecular formula is C17H23ClN2S. The molecule has 1 aromatic heterocycles. The van der Waals surface area contributed by atoms with Crippen LogP contribution in [0.15, 0.2) is 35.7 Å². The Hall–Kier alpha value is -0.870. The Morgan fingerprint density at radius 2 is 2.05 bits per heavy atom. The van der Waals surface area contributed by atoms with E-state index in [1.165, 1.54) is 16.0 Å². The summed E-state index contributed by atoms with van der Waals surface area (Å²) in [4.78, 5) is 3.76. The van der Waals surface area contributed by atoms with E-state index < -0.39 is 0 Å². The number of hydrogen-bond donors (Lipinski definition) is 1. The van der Waals surface area contributed by atoms with E-state index in [9.17, 15) is 0 Å². The molecule has 21 heavy (non-hydrogen) atoms. The van der Waals surface area contributed by atoms with E-state index in [0.717, 1.165) is 24.7 Å². The summed E-state index contributed by atoms with van der Waals surface area (Å²) < 4.78 is 0. The summed E-state index contributed by atoms with van der Waals surface area (Å²) in [6, 6.07) is 10.6. The van der Waals surface area contributed by atoms with Crippen LogP contribution in [0, 0.1) is 6.92 Å². The van der Waals surface area contributed by atoms with E-state index in [1.807, 2.05) is 29.5 Å². The first-order valence-electron chi connectivity index (χ1n) is 7.28. The summed E-state index contributed by atoms with van der Waals surface area (Å²) in [6.45, 7) is 7.29. The summed E-state index contributed by atoms with van der Waals surface area (Å²) in [7, 11) is 2.14. The molecule has 1 N–H and O–H groups in total. The van der Waals surface area contributed by atoms with Crippen LogP contribution in [0.4, 0.5) is 0 Å². The highest BCUT2D eigenvalue weighted by molar-refractivity contribution is 7.10. The number of halogens is 1. The highest BCUT2D eigenvalue weighted by atomic mass is 35.5.